The van der Waals surface area contributed by atoms with E-state index in [0.717, 1.165) is 6.42 Å². The van der Waals surface area contributed by atoms with Crippen LogP contribution in [0.2, 0.25) is 0 Å². The summed E-state index contributed by atoms with van der Waals surface area (Å²) in [5.74, 6) is -0.136. The fraction of sp³-hybridized carbons (Fsp3) is 0.500. The molecule has 0 unspecified atom stereocenters. The Kier molecular flexibility index (Phi) is 3.48. The summed E-state index contributed by atoms with van der Waals surface area (Å²) in [6.45, 7) is 4.17. The zero-order chi connectivity index (χ0) is 9.84. The lowest BCUT2D eigenvalue weighted by Gasteiger charge is -1.98. The molecule has 13 heavy (non-hydrogen) atoms. The number of thiophene rings is 1. The SMILES string of the molecule is COC(=O)CCc1cc(C)sc1C. The molecule has 0 aliphatic rings. The molecule has 0 bridgehead atoms. The molecule has 0 N–H and O–H groups in total. The van der Waals surface area contributed by atoms with Gasteiger partial charge in [0.2, 0.25) is 0 Å². The summed E-state index contributed by atoms with van der Waals surface area (Å²) in [5.41, 5.74) is 1.27. The van der Waals surface area contributed by atoms with Crippen LogP contribution < -0.4 is 0 Å². The average Bonchev–Trinajstić information content (AvgIpc) is 2.41. The van der Waals surface area contributed by atoms with Gasteiger partial charge in [0.05, 0.1) is 7.11 Å². The molecule has 72 valence electrons. The number of methoxy groups -OCH3 is 1. The van der Waals surface area contributed by atoms with Crippen molar-refractivity contribution >= 4 is 17.3 Å². The van der Waals surface area contributed by atoms with Crippen molar-refractivity contribution in [1.29, 1.82) is 0 Å². The largest absolute Gasteiger partial charge is 0.469 e. The van der Waals surface area contributed by atoms with Gasteiger partial charge in [-0.25, -0.2) is 0 Å². The second-order valence-corrected chi connectivity index (χ2v) is 4.48. The highest BCUT2D eigenvalue weighted by Crippen LogP contribution is 2.21. The lowest BCUT2D eigenvalue weighted by molar-refractivity contribution is -0.140. The molecule has 1 heterocycles. The zero-order valence-electron chi connectivity index (χ0n) is 8.22. The smallest absolute Gasteiger partial charge is 0.305 e. The van der Waals surface area contributed by atoms with Gasteiger partial charge in [-0.15, -0.1) is 11.3 Å². The van der Waals surface area contributed by atoms with Gasteiger partial charge in [0.25, 0.3) is 0 Å². The van der Waals surface area contributed by atoms with Crippen LogP contribution in [-0.2, 0) is 16.0 Å². The van der Waals surface area contributed by atoms with Crippen molar-refractivity contribution in [2.24, 2.45) is 0 Å². The van der Waals surface area contributed by atoms with Gasteiger partial charge in [-0.3, -0.25) is 4.79 Å². The molecule has 0 atom stereocenters. The summed E-state index contributed by atoms with van der Waals surface area (Å²) < 4.78 is 4.58. The first-order valence-corrected chi connectivity index (χ1v) is 5.08. The van der Waals surface area contributed by atoms with Crippen molar-refractivity contribution in [2.75, 3.05) is 7.11 Å². The minimum atomic E-state index is -0.136. The van der Waals surface area contributed by atoms with E-state index in [-0.39, 0.29) is 5.97 Å². The molecule has 0 saturated carbocycles. The lowest BCUT2D eigenvalue weighted by Crippen LogP contribution is -2.01. The van der Waals surface area contributed by atoms with Crippen LogP contribution in [0.5, 0.6) is 0 Å². The molecule has 0 spiro atoms. The number of ether oxygens (including phenoxy) is 1. The van der Waals surface area contributed by atoms with Gasteiger partial charge < -0.3 is 4.74 Å². The van der Waals surface area contributed by atoms with Crippen molar-refractivity contribution < 1.29 is 9.53 Å². The summed E-state index contributed by atoms with van der Waals surface area (Å²) >= 11 is 1.78. The van der Waals surface area contributed by atoms with Gasteiger partial charge in [0, 0.05) is 16.2 Å². The first-order chi connectivity index (χ1) is 6.13. The second-order valence-electron chi connectivity index (χ2n) is 3.01. The van der Waals surface area contributed by atoms with Gasteiger partial charge in [0.15, 0.2) is 0 Å². The molecular formula is C10H14O2S. The maximum atomic E-state index is 10.9. The van der Waals surface area contributed by atoms with E-state index in [1.54, 1.807) is 11.3 Å². The first kappa shape index (κ1) is 10.3. The Balaban J connectivity index is 2.54. The molecule has 0 aliphatic heterocycles. The fourth-order valence-corrected chi connectivity index (χ4v) is 2.25. The maximum Gasteiger partial charge on any atom is 0.305 e. The van der Waals surface area contributed by atoms with Crippen LogP contribution in [0, 0.1) is 13.8 Å². The van der Waals surface area contributed by atoms with E-state index in [9.17, 15) is 4.79 Å². The van der Waals surface area contributed by atoms with Crippen LogP contribution in [-0.4, -0.2) is 13.1 Å². The number of hydrogen-bond acceptors (Lipinski definition) is 3. The van der Waals surface area contributed by atoms with E-state index in [2.05, 4.69) is 24.7 Å². The highest BCUT2D eigenvalue weighted by Gasteiger charge is 2.05. The van der Waals surface area contributed by atoms with Gasteiger partial charge >= 0.3 is 5.97 Å². The summed E-state index contributed by atoms with van der Waals surface area (Å²) in [7, 11) is 1.42. The van der Waals surface area contributed by atoms with Crippen molar-refractivity contribution in [2.45, 2.75) is 26.7 Å². The number of carbonyl (C=O) groups is 1. The third kappa shape index (κ3) is 2.84. The van der Waals surface area contributed by atoms with E-state index in [4.69, 9.17) is 0 Å². The number of rotatable bonds is 3. The van der Waals surface area contributed by atoms with Gasteiger partial charge in [-0.05, 0) is 31.9 Å². The van der Waals surface area contributed by atoms with Crippen molar-refractivity contribution in [3.05, 3.63) is 21.4 Å². The van der Waals surface area contributed by atoms with Gasteiger partial charge in [-0.2, -0.15) is 0 Å². The Bertz CT molecular complexity index is 302. The maximum absolute atomic E-state index is 10.9. The van der Waals surface area contributed by atoms with Gasteiger partial charge in [-0.1, -0.05) is 0 Å². The summed E-state index contributed by atoms with van der Waals surface area (Å²) in [4.78, 5) is 13.5. The lowest BCUT2D eigenvalue weighted by atomic mass is 10.1. The Morgan fingerprint density at radius 2 is 2.23 bits per heavy atom. The van der Waals surface area contributed by atoms with E-state index >= 15 is 0 Å². The molecule has 0 fully saturated rings. The van der Waals surface area contributed by atoms with E-state index in [1.807, 2.05) is 0 Å². The van der Waals surface area contributed by atoms with Gasteiger partial charge in [0.1, 0.15) is 0 Å². The summed E-state index contributed by atoms with van der Waals surface area (Å²) in [6, 6.07) is 2.14. The highest BCUT2D eigenvalue weighted by molar-refractivity contribution is 7.12. The first-order valence-electron chi connectivity index (χ1n) is 4.26. The van der Waals surface area contributed by atoms with Crippen LogP contribution in [0.1, 0.15) is 21.7 Å². The molecule has 0 aliphatic carbocycles. The molecule has 2 nitrogen and oxygen atoms in total. The normalized spacial score (nSPS) is 10.1. The Labute approximate surface area is 82.5 Å². The van der Waals surface area contributed by atoms with Crippen molar-refractivity contribution in [3.63, 3.8) is 0 Å². The third-order valence-corrected chi connectivity index (χ3v) is 2.98. The van der Waals surface area contributed by atoms with E-state index < -0.39 is 0 Å². The molecule has 0 radical (unpaired) electrons. The molecule has 0 amide bonds. The Hall–Kier alpha value is -0.830. The number of aryl methyl sites for hydroxylation is 3. The fourth-order valence-electron chi connectivity index (χ4n) is 1.27. The summed E-state index contributed by atoms with van der Waals surface area (Å²) in [5, 5.41) is 0. The van der Waals surface area contributed by atoms with Crippen molar-refractivity contribution in [3.8, 4) is 0 Å². The Morgan fingerprint density at radius 1 is 1.54 bits per heavy atom. The molecular weight excluding hydrogens is 184 g/mol. The third-order valence-electron chi connectivity index (χ3n) is 1.97. The number of esters is 1. The van der Waals surface area contributed by atoms with Crippen LogP contribution in [0.25, 0.3) is 0 Å². The quantitative estimate of drug-likeness (QED) is 0.697. The molecule has 0 aromatic carbocycles. The van der Waals surface area contributed by atoms with Crippen LogP contribution in [0.3, 0.4) is 0 Å². The van der Waals surface area contributed by atoms with Crippen LogP contribution in [0.15, 0.2) is 6.07 Å². The second kappa shape index (κ2) is 4.42. The topological polar surface area (TPSA) is 26.3 Å². The molecule has 1 aromatic rings. The predicted molar refractivity (Wildman–Crippen MR) is 54.1 cm³/mol. The number of carbonyl (C=O) groups excluding carboxylic acids is 1. The van der Waals surface area contributed by atoms with E-state index in [0.29, 0.717) is 6.42 Å². The summed E-state index contributed by atoms with van der Waals surface area (Å²) in [6.07, 6.45) is 1.27. The standard InChI is InChI=1S/C10H14O2S/c1-7-6-9(8(2)13-7)4-5-10(11)12-3/h6H,4-5H2,1-3H3. The monoisotopic (exact) mass is 198 g/mol. The van der Waals surface area contributed by atoms with Crippen molar-refractivity contribution in [1.82, 2.24) is 0 Å². The molecule has 0 saturated heterocycles. The van der Waals surface area contributed by atoms with Crippen LogP contribution in [0.4, 0.5) is 0 Å². The molecule has 3 heteroatoms. The number of hydrogen-bond donors (Lipinski definition) is 0. The minimum absolute atomic E-state index is 0.136. The molecule has 1 rings (SSSR count). The molecule has 1 aromatic heterocycles. The average molecular weight is 198 g/mol. The highest BCUT2D eigenvalue weighted by atomic mass is 32.1. The minimum Gasteiger partial charge on any atom is -0.469 e. The Morgan fingerprint density at radius 3 is 2.69 bits per heavy atom. The zero-order valence-corrected chi connectivity index (χ0v) is 9.03. The van der Waals surface area contributed by atoms with E-state index in [1.165, 1.54) is 22.4 Å². The van der Waals surface area contributed by atoms with Crippen LogP contribution >= 0.6 is 11.3 Å². The predicted octanol–water partition coefficient (Wildman–Crippen LogP) is 2.47.